The summed E-state index contributed by atoms with van der Waals surface area (Å²) in [6.07, 6.45) is 4.09. The smallest absolute Gasteiger partial charge is 0.336 e. The molecule has 2 atom stereocenters. The second-order valence-corrected chi connectivity index (χ2v) is 8.76. The molecule has 0 amide bonds. The second kappa shape index (κ2) is 11.4. The van der Waals surface area contributed by atoms with Crippen LogP contribution in [-0.4, -0.2) is 35.7 Å². The van der Waals surface area contributed by atoms with E-state index in [1.807, 2.05) is 53.7 Å². The van der Waals surface area contributed by atoms with Crippen LogP contribution in [0.25, 0.3) is 0 Å². The highest BCUT2D eigenvalue weighted by atomic mass is 16.5. The van der Waals surface area contributed by atoms with Crippen molar-refractivity contribution < 1.29 is 19.4 Å². The molecule has 2 aromatic rings. The molecule has 1 aliphatic heterocycles. The molecular formula is C30H36N2O4. The van der Waals surface area contributed by atoms with Gasteiger partial charge in [0.15, 0.2) is 5.78 Å². The standard InChI is InChI=1S/C28H30N2O4.C2H6/c1-6-29-23-13-25-21(10-15(23)3)27(19-9-8-18(17(5)31)12-20(19)28(32)33)22-11-16(4)24(30-7-2)14-26(22)34-25;1-2/h8-14,21,27,30H,6-7H2,1-5H3,(H,32,33);1-2H3. The Morgan fingerprint density at radius 2 is 1.81 bits per heavy atom. The van der Waals surface area contributed by atoms with Crippen LogP contribution in [0.15, 0.2) is 58.8 Å². The quantitative estimate of drug-likeness (QED) is 0.437. The number of aromatic carboxylic acids is 1. The number of rotatable bonds is 6. The Morgan fingerprint density at radius 3 is 2.42 bits per heavy atom. The SMILES string of the molecule is CC.CCN=C1C=C2Oc3cc(NCC)c(C)cc3C(c3ccc(C(C)=O)cc3C(=O)O)C2C=C1C. The number of ether oxygens (including phenoxy) is 1. The van der Waals surface area contributed by atoms with E-state index in [2.05, 4.69) is 22.5 Å². The summed E-state index contributed by atoms with van der Waals surface area (Å²) in [5.74, 6) is -0.244. The van der Waals surface area contributed by atoms with Crippen molar-refractivity contribution in [3.63, 3.8) is 0 Å². The fourth-order valence-corrected chi connectivity index (χ4v) is 4.82. The van der Waals surface area contributed by atoms with Crippen molar-refractivity contribution >= 4 is 23.2 Å². The number of allylic oxidation sites excluding steroid dienone is 3. The zero-order valence-corrected chi connectivity index (χ0v) is 22.2. The Bertz CT molecular complexity index is 1270. The van der Waals surface area contributed by atoms with Crippen LogP contribution in [0.4, 0.5) is 5.69 Å². The molecule has 0 bridgehead atoms. The first-order chi connectivity index (χ1) is 17.2. The normalized spacial score (nSPS) is 19.0. The van der Waals surface area contributed by atoms with Gasteiger partial charge in [-0.05, 0) is 63.5 Å². The van der Waals surface area contributed by atoms with E-state index >= 15 is 0 Å². The van der Waals surface area contributed by atoms with Crippen molar-refractivity contribution in [1.82, 2.24) is 0 Å². The van der Waals surface area contributed by atoms with Crippen molar-refractivity contribution in [3.05, 3.63) is 81.6 Å². The molecule has 2 unspecified atom stereocenters. The molecular weight excluding hydrogens is 452 g/mol. The summed E-state index contributed by atoms with van der Waals surface area (Å²) in [5, 5.41) is 13.4. The minimum atomic E-state index is -1.05. The predicted octanol–water partition coefficient (Wildman–Crippen LogP) is 6.80. The zero-order valence-electron chi connectivity index (χ0n) is 22.2. The summed E-state index contributed by atoms with van der Waals surface area (Å²) in [7, 11) is 0. The first kappa shape index (κ1) is 26.9. The third-order valence-corrected chi connectivity index (χ3v) is 6.44. The summed E-state index contributed by atoms with van der Waals surface area (Å²) >= 11 is 0. The highest BCUT2D eigenvalue weighted by Crippen LogP contribution is 2.50. The van der Waals surface area contributed by atoms with Crippen LogP contribution in [0.5, 0.6) is 5.75 Å². The minimum Gasteiger partial charge on any atom is -0.478 e. The van der Waals surface area contributed by atoms with Crippen LogP contribution >= 0.6 is 0 Å². The zero-order chi connectivity index (χ0) is 26.6. The molecule has 190 valence electrons. The Labute approximate surface area is 213 Å². The Balaban J connectivity index is 0.00000176. The van der Waals surface area contributed by atoms with E-state index < -0.39 is 5.97 Å². The molecule has 2 N–H and O–H groups in total. The van der Waals surface area contributed by atoms with Gasteiger partial charge in [0.25, 0.3) is 0 Å². The topological polar surface area (TPSA) is 88.0 Å². The fraction of sp³-hybridized carbons (Fsp3) is 0.367. The number of anilines is 1. The van der Waals surface area contributed by atoms with E-state index in [9.17, 15) is 14.7 Å². The molecule has 0 aromatic heterocycles. The maximum Gasteiger partial charge on any atom is 0.336 e. The van der Waals surface area contributed by atoms with Gasteiger partial charge in [0, 0.05) is 53.9 Å². The number of carboxylic acids is 1. The molecule has 0 saturated carbocycles. The highest BCUT2D eigenvalue weighted by Gasteiger charge is 2.39. The van der Waals surface area contributed by atoms with E-state index in [0.29, 0.717) is 23.4 Å². The number of Topliss-reactive ketones (excluding diaryl/α,β-unsaturated/α-hetero) is 1. The summed E-state index contributed by atoms with van der Waals surface area (Å²) in [5.41, 5.74) is 6.06. The minimum absolute atomic E-state index is 0.136. The number of nitrogens with one attached hydrogen (secondary N) is 1. The van der Waals surface area contributed by atoms with Gasteiger partial charge in [-0.1, -0.05) is 32.1 Å². The van der Waals surface area contributed by atoms with Gasteiger partial charge in [0.1, 0.15) is 11.5 Å². The number of carboxylic acid groups (broad SMARTS) is 1. The van der Waals surface area contributed by atoms with E-state index in [1.165, 1.54) is 13.0 Å². The van der Waals surface area contributed by atoms with E-state index in [0.717, 1.165) is 40.4 Å². The van der Waals surface area contributed by atoms with Crippen molar-refractivity contribution in [3.8, 4) is 5.75 Å². The third kappa shape index (κ3) is 5.13. The monoisotopic (exact) mass is 488 g/mol. The molecule has 0 radical (unpaired) electrons. The molecule has 1 heterocycles. The van der Waals surface area contributed by atoms with Gasteiger partial charge in [-0.25, -0.2) is 4.79 Å². The van der Waals surface area contributed by atoms with E-state index in [-0.39, 0.29) is 23.2 Å². The number of carbonyl (C=O) groups is 2. The maximum absolute atomic E-state index is 12.3. The lowest BCUT2D eigenvalue weighted by atomic mass is 9.73. The lowest BCUT2D eigenvalue weighted by Crippen LogP contribution is -2.29. The first-order valence-corrected chi connectivity index (χ1v) is 12.6. The fourth-order valence-electron chi connectivity index (χ4n) is 4.82. The van der Waals surface area contributed by atoms with Crippen molar-refractivity contribution in [2.75, 3.05) is 18.4 Å². The number of ketones is 1. The summed E-state index contributed by atoms with van der Waals surface area (Å²) < 4.78 is 6.41. The Hall–Kier alpha value is -3.67. The number of nitrogens with zero attached hydrogens (tertiary/aromatic N) is 1. The van der Waals surface area contributed by atoms with Crippen LogP contribution in [0.1, 0.15) is 84.9 Å². The van der Waals surface area contributed by atoms with E-state index in [4.69, 9.17) is 4.74 Å². The van der Waals surface area contributed by atoms with Crippen LogP contribution in [-0.2, 0) is 0 Å². The lowest BCUT2D eigenvalue weighted by molar-refractivity contribution is 0.0695. The van der Waals surface area contributed by atoms with Crippen molar-refractivity contribution in [1.29, 1.82) is 0 Å². The molecule has 0 spiro atoms. The molecule has 36 heavy (non-hydrogen) atoms. The second-order valence-electron chi connectivity index (χ2n) is 8.76. The number of hydrogen-bond acceptors (Lipinski definition) is 5. The summed E-state index contributed by atoms with van der Waals surface area (Å²) in [4.78, 5) is 28.9. The van der Waals surface area contributed by atoms with Crippen molar-refractivity contribution in [2.24, 2.45) is 10.9 Å². The molecule has 0 saturated heterocycles. The molecule has 2 aromatic carbocycles. The van der Waals surface area contributed by atoms with Crippen molar-refractivity contribution in [2.45, 2.75) is 54.4 Å². The molecule has 6 heteroatoms. The molecule has 1 aliphatic carbocycles. The van der Waals surface area contributed by atoms with Gasteiger partial charge in [-0.2, -0.15) is 0 Å². The Kier molecular flexibility index (Phi) is 8.51. The molecule has 6 nitrogen and oxygen atoms in total. The number of carbonyl (C=O) groups excluding carboxylic acids is 1. The van der Waals surface area contributed by atoms with Gasteiger partial charge >= 0.3 is 5.97 Å². The van der Waals surface area contributed by atoms with Gasteiger partial charge < -0.3 is 15.2 Å². The molecule has 4 rings (SSSR count). The van der Waals surface area contributed by atoms with Crippen LogP contribution in [0, 0.1) is 12.8 Å². The van der Waals surface area contributed by atoms with Crippen LogP contribution in [0.3, 0.4) is 0 Å². The van der Waals surface area contributed by atoms with E-state index in [1.54, 1.807) is 12.1 Å². The summed E-state index contributed by atoms with van der Waals surface area (Å²) in [6.45, 7) is 15.0. The van der Waals surface area contributed by atoms with Gasteiger partial charge in [-0.3, -0.25) is 9.79 Å². The number of aliphatic imine (C=N–C) groups is 1. The first-order valence-electron chi connectivity index (χ1n) is 12.6. The number of hydrogen-bond donors (Lipinski definition) is 2. The maximum atomic E-state index is 12.3. The molecule has 2 aliphatic rings. The van der Waals surface area contributed by atoms with Gasteiger partial charge in [-0.15, -0.1) is 0 Å². The Morgan fingerprint density at radius 1 is 1.08 bits per heavy atom. The summed E-state index contributed by atoms with van der Waals surface area (Å²) in [6, 6.07) is 9.06. The van der Waals surface area contributed by atoms with Gasteiger partial charge in [0.2, 0.25) is 0 Å². The largest absolute Gasteiger partial charge is 0.478 e. The average molecular weight is 489 g/mol. The lowest BCUT2D eigenvalue weighted by Gasteiger charge is -2.37. The average Bonchev–Trinajstić information content (AvgIpc) is 2.85. The molecule has 0 fully saturated rings. The third-order valence-electron chi connectivity index (χ3n) is 6.44. The van der Waals surface area contributed by atoms with Crippen LogP contribution in [0.2, 0.25) is 0 Å². The van der Waals surface area contributed by atoms with Gasteiger partial charge in [0.05, 0.1) is 11.3 Å². The number of fused-ring (bicyclic) bond motifs is 2. The highest BCUT2D eigenvalue weighted by molar-refractivity contribution is 6.09. The predicted molar refractivity (Wildman–Crippen MR) is 146 cm³/mol. The van der Waals surface area contributed by atoms with Crippen LogP contribution < -0.4 is 10.1 Å². The number of aryl methyl sites for hydroxylation is 1. The number of benzene rings is 2.